The number of amides is 2. The molecular formula is C30H31Cl3FN3O4S. The predicted molar refractivity (Wildman–Crippen MR) is 165 cm³/mol. The van der Waals surface area contributed by atoms with Crippen LogP contribution in [0.4, 0.5) is 10.1 Å². The second-order valence-corrected chi connectivity index (χ2v) is 13.4. The van der Waals surface area contributed by atoms with Crippen LogP contribution in [0.15, 0.2) is 66.7 Å². The third-order valence-corrected chi connectivity index (χ3v) is 9.36. The van der Waals surface area contributed by atoms with Crippen molar-refractivity contribution in [2.24, 2.45) is 0 Å². The Morgan fingerprint density at radius 3 is 2.21 bits per heavy atom. The number of halogens is 4. The normalized spacial score (nSPS) is 14.4. The second kappa shape index (κ2) is 14.1. The topological polar surface area (TPSA) is 86.8 Å². The lowest BCUT2D eigenvalue weighted by atomic mass is 10.0. The van der Waals surface area contributed by atoms with E-state index in [-0.39, 0.29) is 45.3 Å². The van der Waals surface area contributed by atoms with Gasteiger partial charge in [-0.05, 0) is 36.6 Å². The molecule has 1 atom stereocenters. The van der Waals surface area contributed by atoms with E-state index in [1.165, 1.54) is 35.2 Å². The van der Waals surface area contributed by atoms with Crippen molar-refractivity contribution in [3.63, 3.8) is 0 Å². The van der Waals surface area contributed by atoms with Crippen LogP contribution in [-0.2, 0) is 32.6 Å². The predicted octanol–water partition coefficient (Wildman–Crippen LogP) is 6.25. The summed E-state index contributed by atoms with van der Waals surface area (Å²) in [5.74, 6) is -1.68. The summed E-state index contributed by atoms with van der Waals surface area (Å²) >= 11 is 18.6. The Morgan fingerprint density at radius 1 is 0.952 bits per heavy atom. The number of rotatable bonds is 11. The van der Waals surface area contributed by atoms with Gasteiger partial charge in [-0.25, -0.2) is 12.8 Å². The van der Waals surface area contributed by atoms with Crippen molar-refractivity contribution in [3.8, 4) is 0 Å². The van der Waals surface area contributed by atoms with E-state index < -0.39 is 40.2 Å². The number of nitrogens with zero attached hydrogens (tertiary/aromatic N) is 2. The highest BCUT2D eigenvalue weighted by atomic mass is 35.5. The monoisotopic (exact) mass is 653 g/mol. The Balaban J connectivity index is 1.76. The van der Waals surface area contributed by atoms with Crippen molar-refractivity contribution in [2.75, 3.05) is 17.1 Å². The van der Waals surface area contributed by atoms with Crippen LogP contribution < -0.4 is 9.62 Å². The van der Waals surface area contributed by atoms with E-state index in [2.05, 4.69) is 5.32 Å². The summed E-state index contributed by atoms with van der Waals surface area (Å²) in [4.78, 5) is 29.2. The van der Waals surface area contributed by atoms with Gasteiger partial charge in [0.1, 0.15) is 18.4 Å². The zero-order chi connectivity index (χ0) is 30.4. The Hall–Kier alpha value is -2.85. The van der Waals surface area contributed by atoms with E-state index >= 15 is 0 Å². The molecule has 0 aliphatic heterocycles. The minimum atomic E-state index is -4.08. The molecule has 4 rings (SSSR count). The number of hydrogen-bond donors (Lipinski definition) is 1. The van der Waals surface area contributed by atoms with Gasteiger partial charge >= 0.3 is 0 Å². The largest absolute Gasteiger partial charge is 0.352 e. The molecule has 42 heavy (non-hydrogen) atoms. The van der Waals surface area contributed by atoms with Crippen molar-refractivity contribution < 1.29 is 22.4 Å². The molecule has 1 aliphatic rings. The Labute approximate surface area is 260 Å². The van der Waals surface area contributed by atoms with Gasteiger partial charge in [0, 0.05) is 24.6 Å². The standard InChI is InChI=1S/C30H31Cl3FN3O4S/c1-42(40,41)37(27-17-24(32)23(31)16-25(27)33)19-29(38)36(18-21-11-5-8-14-26(21)34)28(15-20-9-3-2-4-10-20)30(39)35-22-12-6-7-13-22/h2-5,8-11,14,16-17,22,28H,6-7,12-13,15,18-19H2,1H3,(H,35,39)/t28-/m0/s1. The fourth-order valence-corrected chi connectivity index (χ4v) is 6.58. The van der Waals surface area contributed by atoms with Crippen LogP contribution in [0.1, 0.15) is 36.8 Å². The number of anilines is 1. The smallest absolute Gasteiger partial charge is 0.244 e. The number of hydrogen-bond acceptors (Lipinski definition) is 4. The molecule has 1 saturated carbocycles. The summed E-state index contributed by atoms with van der Waals surface area (Å²) < 4.78 is 41.6. The van der Waals surface area contributed by atoms with Crippen molar-refractivity contribution >= 4 is 62.3 Å². The first kappa shape index (κ1) is 32.1. The van der Waals surface area contributed by atoms with Crippen molar-refractivity contribution in [1.29, 1.82) is 0 Å². The highest BCUT2D eigenvalue weighted by molar-refractivity contribution is 7.92. The highest BCUT2D eigenvalue weighted by Crippen LogP contribution is 2.36. The van der Waals surface area contributed by atoms with Crippen LogP contribution in [0.5, 0.6) is 0 Å². The average molecular weight is 655 g/mol. The van der Waals surface area contributed by atoms with Gasteiger partial charge in [0.25, 0.3) is 0 Å². The van der Waals surface area contributed by atoms with E-state index in [1.807, 2.05) is 30.3 Å². The van der Waals surface area contributed by atoms with Gasteiger partial charge in [0.05, 0.1) is 27.0 Å². The van der Waals surface area contributed by atoms with E-state index in [4.69, 9.17) is 34.8 Å². The fourth-order valence-electron chi connectivity index (χ4n) is 5.03. The average Bonchev–Trinajstić information content (AvgIpc) is 3.45. The Kier molecular flexibility index (Phi) is 10.8. The summed E-state index contributed by atoms with van der Waals surface area (Å²) in [6.45, 7) is -0.985. The van der Waals surface area contributed by atoms with E-state index in [9.17, 15) is 22.4 Å². The zero-order valence-corrected chi connectivity index (χ0v) is 26.0. The van der Waals surface area contributed by atoms with Crippen LogP contribution in [0.2, 0.25) is 15.1 Å². The van der Waals surface area contributed by atoms with Gasteiger partial charge in [-0.3, -0.25) is 13.9 Å². The molecule has 1 N–H and O–H groups in total. The lowest BCUT2D eigenvalue weighted by Crippen LogP contribution is -2.54. The quantitative estimate of drug-likeness (QED) is 0.248. The van der Waals surface area contributed by atoms with E-state index in [1.54, 1.807) is 6.07 Å². The van der Waals surface area contributed by atoms with Gasteiger partial charge in [0.15, 0.2) is 0 Å². The van der Waals surface area contributed by atoms with Crippen LogP contribution in [0.25, 0.3) is 0 Å². The number of carbonyl (C=O) groups excluding carboxylic acids is 2. The van der Waals surface area contributed by atoms with Gasteiger partial charge in [-0.15, -0.1) is 0 Å². The molecule has 224 valence electrons. The molecule has 12 heteroatoms. The molecular weight excluding hydrogens is 624 g/mol. The van der Waals surface area contributed by atoms with Gasteiger partial charge < -0.3 is 10.2 Å². The fraction of sp³-hybridized carbons (Fsp3) is 0.333. The maximum Gasteiger partial charge on any atom is 0.244 e. The number of nitrogens with one attached hydrogen (secondary N) is 1. The van der Waals surface area contributed by atoms with Crippen LogP contribution >= 0.6 is 34.8 Å². The number of sulfonamides is 1. The molecule has 0 aromatic heterocycles. The number of carbonyl (C=O) groups is 2. The lowest BCUT2D eigenvalue weighted by molar-refractivity contribution is -0.140. The van der Waals surface area contributed by atoms with Crippen LogP contribution in [0.3, 0.4) is 0 Å². The highest BCUT2D eigenvalue weighted by Gasteiger charge is 2.35. The molecule has 0 bridgehead atoms. The molecule has 1 aliphatic carbocycles. The molecule has 0 radical (unpaired) electrons. The molecule has 0 unspecified atom stereocenters. The van der Waals surface area contributed by atoms with Gasteiger partial charge in [-0.2, -0.15) is 0 Å². The van der Waals surface area contributed by atoms with E-state index in [0.29, 0.717) is 0 Å². The maximum atomic E-state index is 14.9. The third kappa shape index (κ3) is 8.16. The first-order valence-electron chi connectivity index (χ1n) is 13.4. The third-order valence-electron chi connectivity index (χ3n) is 7.21. The molecule has 0 spiro atoms. The summed E-state index contributed by atoms with van der Waals surface area (Å²) in [7, 11) is -4.08. The Morgan fingerprint density at radius 2 is 1.57 bits per heavy atom. The summed E-state index contributed by atoms with van der Waals surface area (Å²) in [6, 6.07) is 16.5. The maximum absolute atomic E-state index is 14.9. The molecule has 3 aromatic carbocycles. The van der Waals surface area contributed by atoms with E-state index in [0.717, 1.165) is 41.8 Å². The van der Waals surface area contributed by atoms with Crippen LogP contribution in [-0.4, -0.2) is 50.0 Å². The molecule has 0 saturated heterocycles. The second-order valence-electron chi connectivity index (χ2n) is 10.3. The lowest BCUT2D eigenvalue weighted by Gasteiger charge is -2.34. The van der Waals surface area contributed by atoms with Crippen LogP contribution in [0, 0.1) is 5.82 Å². The molecule has 0 heterocycles. The minimum absolute atomic E-state index is 0.0382. The SMILES string of the molecule is CS(=O)(=O)N(CC(=O)N(Cc1ccccc1F)[C@@H](Cc1ccccc1)C(=O)NC1CCCC1)c1cc(Cl)c(Cl)cc1Cl. The molecule has 2 amide bonds. The Bertz CT molecular complexity index is 1540. The summed E-state index contributed by atoms with van der Waals surface area (Å²) in [5.41, 5.74) is 0.904. The molecule has 7 nitrogen and oxygen atoms in total. The molecule has 3 aromatic rings. The first-order chi connectivity index (χ1) is 19.9. The minimum Gasteiger partial charge on any atom is -0.352 e. The van der Waals surface area contributed by atoms with Crippen molar-refractivity contribution in [3.05, 3.63) is 98.7 Å². The van der Waals surface area contributed by atoms with Gasteiger partial charge in [-0.1, -0.05) is 96.2 Å². The van der Waals surface area contributed by atoms with Gasteiger partial charge in [0.2, 0.25) is 21.8 Å². The number of benzene rings is 3. The first-order valence-corrected chi connectivity index (χ1v) is 16.4. The van der Waals surface area contributed by atoms with Crippen molar-refractivity contribution in [1.82, 2.24) is 10.2 Å². The zero-order valence-electron chi connectivity index (χ0n) is 22.9. The van der Waals surface area contributed by atoms with Crippen molar-refractivity contribution in [2.45, 2.75) is 50.7 Å². The summed E-state index contributed by atoms with van der Waals surface area (Å²) in [6.07, 6.45) is 4.67. The molecule has 1 fully saturated rings. The summed E-state index contributed by atoms with van der Waals surface area (Å²) in [5, 5.41) is 3.17.